The van der Waals surface area contributed by atoms with Gasteiger partial charge in [0, 0.05) is 6.04 Å². The van der Waals surface area contributed by atoms with Gasteiger partial charge in [-0.05, 0) is 38.5 Å². The van der Waals surface area contributed by atoms with E-state index in [0.29, 0.717) is 11.5 Å². The second-order valence-corrected chi connectivity index (χ2v) is 5.91. The van der Waals surface area contributed by atoms with Gasteiger partial charge in [-0.25, -0.2) is 0 Å². The molecule has 3 nitrogen and oxygen atoms in total. The van der Waals surface area contributed by atoms with Gasteiger partial charge < -0.3 is 5.32 Å². The molecule has 1 fully saturated rings. The molecule has 2 rings (SSSR count). The average molecular weight is 221 g/mol. The maximum atomic E-state index is 4.23. The van der Waals surface area contributed by atoms with E-state index in [2.05, 4.69) is 43.2 Å². The third-order valence-electron chi connectivity index (χ3n) is 3.68. The molecule has 0 spiro atoms. The van der Waals surface area contributed by atoms with Crippen molar-refractivity contribution in [2.75, 3.05) is 5.32 Å². The summed E-state index contributed by atoms with van der Waals surface area (Å²) >= 11 is 0. The Hall–Kier alpha value is -0.990. The Morgan fingerprint density at radius 1 is 1.38 bits per heavy atom. The van der Waals surface area contributed by atoms with Crippen molar-refractivity contribution >= 4 is 5.69 Å². The van der Waals surface area contributed by atoms with E-state index in [1.807, 2.05) is 0 Å². The van der Waals surface area contributed by atoms with Crippen LogP contribution in [-0.2, 0) is 0 Å². The molecule has 1 aromatic rings. The first kappa shape index (κ1) is 11.5. The molecule has 2 N–H and O–H groups in total. The highest BCUT2D eigenvalue weighted by Gasteiger charge is 2.28. The molecule has 1 aromatic heterocycles. The lowest BCUT2D eigenvalue weighted by Gasteiger charge is -2.36. The summed E-state index contributed by atoms with van der Waals surface area (Å²) in [5, 5.41) is 10.9. The minimum Gasteiger partial charge on any atom is -0.379 e. The zero-order chi connectivity index (χ0) is 11.8. The predicted octanol–water partition coefficient (Wildman–Crippen LogP) is 3.41. The first-order valence-corrected chi connectivity index (χ1v) is 6.26. The molecule has 1 aliphatic rings. The van der Waals surface area contributed by atoms with Gasteiger partial charge in [0.15, 0.2) is 0 Å². The maximum absolute atomic E-state index is 4.23. The molecule has 0 radical (unpaired) electrons. The number of rotatable bonds is 2. The summed E-state index contributed by atoms with van der Waals surface area (Å²) in [4.78, 5) is 0. The van der Waals surface area contributed by atoms with Gasteiger partial charge in [0.1, 0.15) is 0 Å². The van der Waals surface area contributed by atoms with Crippen LogP contribution in [0.3, 0.4) is 0 Å². The zero-order valence-corrected chi connectivity index (χ0v) is 10.9. The number of aryl methyl sites for hydroxylation is 2. The summed E-state index contributed by atoms with van der Waals surface area (Å²) in [6.07, 6.45) is 5.24. The SMILES string of the molecule is Cc1n[nH]c(C)c1NC1CCCC(C)(C)C1. The standard InChI is InChI=1S/C13H23N3/c1-9-12(10(2)16-15-9)14-11-6-5-7-13(3,4)8-11/h11,14H,5-8H2,1-4H3,(H,15,16). The highest BCUT2D eigenvalue weighted by molar-refractivity contribution is 5.52. The third kappa shape index (κ3) is 2.39. The van der Waals surface area contributed by atoms with Gasteiger partial charge in [-0.2, -0.15) is 5.10 Å². The van der Waals surface area contributed by atoms with Crippen molar-refractivity contribution in [2.45, 2.75) is 59.4 Å². The molecule has 16 heavy (non-hydrogen) atoms. The topological polar surface area (TPSA) is 40.7 Å². The van der Waals surface area contributed by atoms with E-state index in [-0.39, 0.29) is 0 Å². The van der Waals surface area contributed by atoms with Crippen LogP contribution in [-0.4, -0.2) is 16.2 Å². The normalized spacial score (nSPS) is 24.4. The molecule has 3 heteroatoms. The number of nitrogens with zero attached hydrogens (tertiary/aromatic N) is 1. The summed E-state index contributed by atoms with van der Waals surface area (Å²) in [5.74, 6) is 0. The minimum atomic E-state index is 0.488. The molecule has 1 unspecified atom stereocenters. The van der Waals surface area contributed by atoms with Crippen LogP contribution in [0.25, 0.3) is 0 Å². The van der Waals surface area contributed by atoms with Gasteiger partial charge in [-0.15, -0.1) is 0 Å². The summed E-state index contributed by atoms with van der Waals surface area (Å²) in [7, 11) is 0. The van der Waals surface area contributed by atoms with E-state index in [9.17, 15) is 0 Å². The Kier molecular flexibility index (Phi) is 2.96. The maximum Gasteiger partial charge on any atom is 0.0825 e. The molecule has 0 bridgehead atoms. The molecular weight excluding hydrogens is 198 g/mol. The highest BCUT2D eigenvalue weighted by Crippen LogP contribution is 2.36. The highest BCUT2D eigenvalue weighted by atomic mass is 15.2. The molecule has 1 aliphatic carbocycles. The van der Waals surface area contributed by atoms with Gasteiger partial charge in [0.05, 0.1) is 17.1 Å². The molecule has 1 atom stereocenters. The van der Waals surface area contributed by atoms with E-state index in [1.165, 1.54) is 31.4 Å². The van der Waals surface area contributed by atoms with Gasteiger partial charge in [0.2, 0.25) is 0 Å². The van der Waals surface area contributed by atoms with Crippen LogP contribution >= 0.6 is 0 Å². The van der Waals surface area contributed by atoms with Crippen molar-refractivity contribution in [3.8, 4) is 0 Å². The van der Waals surface area contributed by atoms with Crippen molar-refractivity contribution < 1.29 is 0 Å². The van der Waals surface area contributed by atoms with Gasteiger partial charge >= 0.3 is 0 Å². The molecule has 0 saturated heterocycles. The summed E-state index contributed by atoms with van der Waals surface area (Å²) in [5.41, 5.74) is 3.94. The monoisotopic (exact) mass is 221 g/mol. The number of anilines is 1. The van der Waals surface area contributed by atoms with E-state index in [4.69, 9.17) is 0 Å². The number of aromatic amines is 1. The van der Waals surface area contributed by atoms with E-state index >= 15 is 0 Å². The predicted molar refractivity (Wildman–Crippen MR) is 67.7 cm³/mol. The van der Waals surface area contributed by atoms with Crippen LogP contribution in [0.4, 0.5) is 5.69 Å². The first-order chi connectivity index (χ1) is 7.48. The summed E-state index contributed by atoms with van der Waals surface area (Å²) in [6.45, 7) is 8.88. The largest absolute Gasteiger partial charge is 0.379 e. The second kappa shape index (κ2) is 4.11. The molecule has 1 heterocycles. The summed E-state index contributed by atoms with van der Waals surface area (Å²) < 4.78 is 0. The van der Waals surface area contributed by atoms with Crippen LogP contribution in [0.15, 0.2) is 0 Å². The smallest absolute Gasteiger partial charge is 0.0825 e. The Balaban J connectivity index is 2.05. The van der Waals surface area contributed by atoms with Crippen molar-refractivity contribution in [1.82, 2.24) is 10.2 Å². The fourth-order valence-electron chi connectivity index (χ4n) is 2.79. The van der Waals surface area contributed by atoms with Crippen molar-refractivity contribution in [3.63, 3.8) is 0 Å². The zero-order valence-electron chi connectivity index (χ0n) is 10.9. The van der Waals surface area contributed by atoms with Gasteiger partial charge in [-0.3, -0.25) is 5.10 Å². The van der Waals surface area contributed by atoms with Crippen LogP contribution < -0.4 is 5.32 Å². The number of H-pyrrole nitrogens is 1. The average Bonchev–Trinajstić information content (AvgIpc) is 2.48. The van der Waals surface area contributed by atoms with Crippen LogP contribution in [0.5, 0.6) is 0 Å². The van der Waals surface area contributed by atoms with Crippen LogP contribution in [0, 0.1) is 19.3 Å². The first-order valence-electron chi connectivity index (χ1n) is 6.26. The fourth-order valence-corrected chi connectivity index (χ4v) is 2.79. The molecule has 1 saturated carbocycles. The molecule has 90 valence electrons. The number of hydrogen-bond donors (Lipinski definition) is 2. The third-order valence-corrected chi connectivity index (χ3v) is 3.68. The van der Waals surface area contributed by atoms with Gasteiger partial charge in [0.25, 0.3) is 0 Å². The van der Waals surface area contributed by atoms with Crippen LogP contribution in [0.2, 0.25) is 0 Å². The molecule has 0 aromatic carbocycles. The lowest BCUT2D eigenvalue weighted by atomic mass is 9.75. The van der Waals surface area contributed by atoms with Gasteiger partial charge in [-0.1, -0.05) is 20.3 Å². The molecule has 0 amide bonds. The Bertz CT molecular complexity index is 346. The van der Waals surface area contributed by atoms with E-state index in [1.54, 1.807) is 0 Å². The minimum absolute atomic E-state index is 0.488. The lowest BCUT2D eigenvalue weighted by Crippen LogP contribution is -2.32. The van der Waals surface area contributed by atoms with E-state index < -0.39 is 0 Å². The van der Waals surface area contributed by atoms with Crippen LogP contribution in [0.1, 0.15) is 50.9 Å². The van der Waals surface area contributed by atoms with E-state index in [0.717, 1.165) is 11.4 Å². The number of hydrogen-bond acceptors (Lipinski definition) is 2. The van der Waals surface area contributed by atoms with Crippen molar-refractivity contribution in [2.24, 2.45) is 5.41 Å². The number of nitrogens with one attached hydrogen (secondary N) is 2. The second-order valence-electron chi connectivity index (χ2n) is 5.91. The quantitative estimate of drug-likeness (QED) is 0.803. The Morgan fingerprint density at radius 3 is 2.69 bits per heavy atom. The Morgan fingerprint density at radius 2 is 2.12 bits per heavy atom. The van der Waals surface area contributed by atoms with Crippen molar-refractivity contribution in [3.05, 3.63) is 11.4 Å². The lowest BCUT2D eigenvalue weighted by molar-refractivity contribution is 0.229. The number of aromatic nitrogens is 2. The molecule has 0 aliphatic heterocycles. The van der Waals surface area contributed by atoms with Crippen molar-refractivity contribution in [1.29, 1.82) is 0 Å². The Labute approximate surface area is 98.0 Å². The molecular formula is C13H23N3. The fraction of sp³-hybridized carbons (Fsp3) is 0.769. The summed E-state index contributed by atoms with van der Waals surface area (Å²) in [6, 6.07) is 0.610.